The number of nitrogens with zero attached hydrogens (tertiary/aromatic N) is 3. The van der Waals surface area contributed by atoms with Gasteiger partial charge in [0.05, 0.1) is 5.69 Å². The Morgan fingerprint density at radius 3 is 2.93 bits per heavy atom. The molecule has 0 spiro atoms. The fourth-order valence-corrected chi connectivity index (χ4v) is 3.27. The van der Waals surface area contributed by atoms with Gasteiger partial charge in [-0.2, -0.15) is 0 Å². The van der Waals surface area contributed by atoms with Crippen molar-refractivity contribution < 1.29 is 9.53 Å². The first-order valence-electron chi connectivity index (χ1n) is 9.67. The van der Waals surface area contributed by atoms with Crippen LogP contribution in [0.3, 0.4) is 0 Å². The number of benzene rings is 1. The van der Waals surface area contributed by atoms with Crippen molar-refractivity contribution in [2.45, 2.75) is 32.8 Å². The summed E-state index contributed by atoms with van der Waals surface area (Å²) >= 11 is 0. The van der Waals surface area contributed by atoms with E-state index in [1.54, 1.807) is 0 Å². The van der Waals surface area contributed by atoms with E-state index >= 15 is 0 Å². The zero-order valence-electron chi connectivity index (χ0n) is 15.7. The van der Waals surface area contributed by atoms with Crippen molar-refractivity contribution in [2.75, 3.05) is 13.1 Å². The molecule has 27 heavy (non-hydrogen) atoms. The minimum atomic E-state index is 0.0990. The lowest BCUT2D eigenvalue weighted by Crippen LogP contribution is -2.33. The summed E-state index contributed by atoms with van der Waals surface area (Å²) in [5, 5.41) is 0. The number of ether oxygens (including phenoxy) is 1. The number of aromatic nitrogens is 2. The zero-order valence-corrected chi connectivity index (χ0v) is 15.7. The number of hydrogen-bond donors (Lipinski definition) is 0. The molecule has 1 amide bonds. The second-order valence-electron chi connectivity index (χ2n) is 7.21. The molecule has 4 rings (SSSR count). The van der Waals surface area contributed by atoms with Crippen molar-refractivity contribution in [1.29, 1.82) is 0 Å². The Kier molecular flexibility index (Phi) is 5.10. The van der Waals surface area contributed by atoms with Crippen LogP contribution in [0, 0.1) is 5.92 Å². The predicted molar refractivity (Wildman–Crippen MR) is 105 cm³/mol. The average Bonchev–Trinajstić information content (AvgIpc) is 3.41. The number of rotatable bonds is 8. The summed E-state index contributed by atoms with van der Waals surface area (Å²) in [4.78, 5) is 19.4. The van der Waals surface area contributed by atoms with Gasteiger partial charge < -0.3 is 14.0 Å². The van der Waals surface area contributed by atoms with E-state index in [0.717, 1.165) is 30.9 Å². The molecule has 2 aromatic heterocycles. The van der Waals surface area contributed by atoms with Crippen LogP contribution >= 0.6 is 0 Å². The van der Waals surface area contributed by atoms with Crippen molar-refractivity contribution in [3.8, 4) is 5.75 Å². The van der Waals surface area contributed by atoms with Crippen LogP contribution in [0.5, 0.6) is 5.75 Å². The molecule has 1 aliphatic rings. The van der Waals surface area contributed by atoms with Gasteiger partial charge in [0.25, 0.3) is 5.91 Å². The molecule has 0 unspecified atom stereocenters. The molecule has 1 fully saturated rings. The number of carbonyl (C=O) groups excluding carboxylic acids is 1. The lowest BCUT2D eigenvalue weighted by atomic mass is 10.1. The van der Waals surface area contributed by atoms with E-state index in [4.69, 9.17) is 4.74 Å². The first kappa shape index (κ1) is 17.6. The van der Waals surface area contributed by atoms with E-state index in [-0.39, 0.29) is 5.91 Å². The molecule has 0 bridgehead atoms. The molecule has 0 N–H and O–H groups in total. The highest BCUT2D eigenvalue weighted by molar-refractivity contribution is 5.94. The SMILES string of the molecule is CCCN(CC1CC1)C(=O)c1cccc(OCc2cn3ccccc3n2)c1. The summed E-state index contributed by atoms with van der Waals surface area (Å²) in [5.74, 6) is 1.48. The first-order chi connectivity index (χ1) is 13.2. The maximum atomic E-state index is 12.9. The van der Waals surface area contributed by atoms with E-state index in [0.29, 0.717) is 23.8 Å². The van der Waals surface area contributed by atoms with Gasteiger partial charge in [-0.25, -0.2) is 4.98 Å². The molecule has 140 valence electrons. The molecular weight excluding hydrogens is 338 g/mol. The Hall–Kier alpha value is -2.82. The summed E-state index contributed by atoms with van der Waals surface area (Å²) < 4.78 is 7.87. The first-order valence-corrected chi connectivity index (χ1v) is 9.67. The molecule has 1 aliphatic carbocycles. The van der Waals surface area contributed by atoms with Gasteiger partial charge in [-0.1, -0.05) is 19.1 Å². The van der Waals surface area contributed by atoms with Gasteiger partial charge in [-0.05, 0) is 55.5 Å². The van der Waals surface area contributed by atoms with Crippen LogP contribution in [0.25, 0.3) is 5.65 Å². The summed E-state index contributed by atoms with van der Waals surface area (Å²) in [6, 6.07) is 13.4. The number of hydrogen-bond acceptors (Lipinski definition) is 3. The van der Waals surface area contributed by atoms with Crippen LogP contribution in [0.4, 0.5) is 0 Å². The van der Waals surface area contributed by atoms with Gasteiger partial charge in [0.15, 0.2) is 0 Å². The van der Waals surface area contributed by atoms with Crippen molar-refractivity contribution in [3.05, 3.63) is 66.1 Å². The number of amides is 1. The van der Waals surface area contributed by atoms with Gasteiger partial charge in [-0.15, -0.1) is 0 Å². The second-order valence-corrected chi connectivity index (χ2v) is 7.21. The second kappa shape index (κ2) is 7.82. The van der Waals surface area contributed by atoms with Gasteiger partial charge >= 0.3 is 0 Å². The van der Waals surface area contributed by atoms with Crippen LogP contribution in [-0.2, 0) is 6.61 Å². The predicted octanol–water partition coefficient (Wildman–Crippen LogP) is 4.18. The molecule has 2 heterocycles. The topological polar surface area (TPSA) is 46.8 Å². The van der Waals surface area contributed by atoms with Crippen LogP contribution in [0.15, 0.2) is 54.9 Å². The van der Waals surface area contributed by atoms with Crippen LogP contribution in [0.1, 0.15) is 42.2 Å². The van der Waals surface area contributed by atoms with E-state index in [1.165, 1.54) is 12.8 Å². The smallest absolute Gasteiger partial charge is 0.253 e. The van der Waals surface area contributed by atoms with Gasteiger partial charge in [-0.3, -0.25) is 4.79 Å². The zero-order chi connectivity index (χ0) is 18.6. The lowest BCUT2D eigenvalue weighted by Gasteiger charge is -2.22. The summed E-state index contributed by atoms with van der Waals surface area (Å²) in [6.07, 6.45) is 7.39. The largest absolute Gasteiger partial charge is 0.487 e. The van der Waals surface area contributed by atoms with Crippen LogP contribution in [-0.4, -0.2) is 33.3 Å². The number of imidazole rings is 1. The molecule has 1 saturated carbocycles. The lowest BCUT2D eigenvalue weighted by molar-refractivity contribution is 0.0747. The van der Waals surface area contributed by atoms with Crippen molar-refractivity contribution in [3.63, 3.8) is 0 Å². The van der Waals surface area contributed by atoms with E-state index in [9.17, 15) is 4.79 Å². The number of fused-ring (bicyclic) bond motifs is 1. The monoisotopic (exact) mass is 363 g/mol. The van der Waals surface area contributed by atoms with Gasteiger partial charge in [0.2, 0.25) is 0 Å². The fourth-order valence-electron chi connectivity index (χ4n) is 3.27. The quantitative estimate of drug-likeness (QED) is 0.603. The minimum absolute atomic E-state index is 0.0990. The van der Waals surface area contributed by atoms with E-state index in [2.05, 4.69) is 11.9 Å². The van der Waals surface area contributed by atoms with Crippen molar-refractivity contribution in [2.24, 2.45) is 5.92 Å². The fraction of sp³-hybridized carbons (Fsp3) is 0.364. The molecule has 0 radical (unpaired) electrons. The Morgan fingerprint density at radius 2 is 2.15 bits per heavy atom. The van der Waals surface area contributed by atoms with Gasteiger partial charge in [0.1, 0.15) is 18.0 Å². The molecule has 3 aromatic rings. The average molecular weight is 363 g/mol. The highest BCUT2D eigenvalue weighted by Crippen LogP contribution is 2.30. The number of pyridine rings is 1. The molecule has 0 aliphatic heterocycles. The van der Waals surface area contributed by atoms with E-state index < -0.39 is 0 Å². The van der Waals surface area contributed by atoms with Crippen LogP contribution in [0.2, 0.25) is 0 Å². The van der Waals surface area contributed by atoms with E-state index in [1.807, 2.05) is 64.2 Å². The Bertz CT molecular complexity index is 897. The summed E-state index contributed by atoms with van der Waals surface area (Å²) in [5.41, 5.74) is 2.45. The molecule has 5 nitrogen and oxygen atoms in total. The molecule has 1 aromatic carbocycles. The third kappa shape index (κ3) is 4.30. The minimum Gasteiger partial charge on any atom is -0.487 e. The standard InChI is InChI=1S/C22H25N3O2/c1-2-11-25(14-17-9-10-17)22(26)18-6-5-7-20(13-18)27-16-19-15-24-12-4-3-8-21(24)23-19/h3-8,12-13,15,17H,2,9-11,14,16H2,1H3. The Balaban J connectivity index is 1.43. The molecule has 0 atom stereocenters. The molecule has 0 saturated heterocycles. The highest BCUT2D eigenvalue weighted by atomic mass is 16.5. The third-order valence-electron chi connectivity index (χ3n) is 4.84. The van der Waals surface area contributed by atoms with Crippen LogP contribution < -0.4 is 4.74 Å². The maximum Gasteiger partial charge on any atom is 0.253 e. The Labute approximate surface area is 159 Å². The maximum absolute atomic E-state index is 12.9. The summed E-state index contributed by atoms with van der Waals surface area (Å²) in [6.45, 7) is 4.17. The third-order valence-corrected chi connectivity index (χ3v) is 4.84. The molecule has 5 heteroatoms. The Morgan fingerprint density at radius 1 is 1.26 bits per heavy atom. The summed E-state index contributed by atoms with van der Waals surface area (Å²) in [7, 11) is 0. The van der Waals surface area contributed by atoms with Gasteiger partial charge in [0, 0.05) is 31.0 Å². The van der Waals surface area contributed by atoms with Crippen molar-refractivity contribution in [1.82, 2.24) is 14.3 Å². The molecular formula is C22H25N3O2. The highest BCUT2D eigenvalue weighted by Gasteiger charge is 2.27. The number of carbonyl (C=O) groups is 1. The van der Waals surface area contributed by atoms with Crippen molar-refractivity contribution >= 4 is 11.6 Å². The normalized spacial score (nSPS) is 13.7.